The number of amidine groups is 1. The lowest BCUT2D eigenvalue weighted by molar-refractivity contribution is -0.121. The summed E-state index contributed by atoms with van der Waals surface area (Å²) in [5, 5.41) is 3.70. The summed E-state index contributed by atoms with van der Waals surface area (Å²) in [4.78, 5) is 34.1. The number of benzene rings is 3. The number of rotatable bonds is 7. The number of carbonyl (C=O) groups is 2. The van der Waals surface area contributed by atoms with Crippen LogP contribution in [0.2, 0.25) is 5.02 Å². The monoisotopic (exact) mass is 562 g/mol. The number of halogens is 1. The summed E-state index contributed by atoms with van der Waals surface area (Å²) in [5.41, 5.74) is 3.33. The normalized spacial score (nSPS) is 17.6. The van der Waals surface area contributed by atoms with E-state index in [-0.39, 0.29) is 18.4 Å². The summed E-state index contributed by atoms with van der Waals surface area (Å²) in [6.45, 7) is 3.03. The predicted octanol–water partition coefficient (Wildman–Crippen LogP) is 5.43. The lowest BCUT2D eigenvalue weighted by atomic mass is 10.2. The van der Waals surface area contributed by atoms with Crippen molar-refractivity contribution in [3.63, 3.8) is 0 Å². The molecule has 2 amide bonds. The second-order valence-electron chi connectivity index (χ2n) is 8.88. The van der Waals surface area contributed by atoms with E-state index >= 15 is 0 Å². The van der Waals surface area contributed by atoms with E-state index in [0.717, 1.165) is 43.2 Å². The second-order valence-corrected chi connectivity index (χ2v) is 10.3. The van der Waals surface area contributed by atoms with Crippen molar-refractivity contribution in [2.75, 3.05) is 50.2 Å². The molecule has 39 heavy (non-hydrogen) atoms. The quantitative estimate of drug-likeness (QED) is 0.387. The van der Waals surface area contributed by atoms with Gasteiger partial charge in [-0.3, -0.25) is 14.5 Å². The van der Waals surface area contributed by atoms with Crippen LogP contribution in [0.5, 0.6) is 5.75 Å². The molecule has 3 aromatic carbocycles. The highest BCUT2D eigenvalue weighted by molar-refractivity contribution is 8.18. The van der Waals surface area contributed by atoms with E-state index in [1.165, 1.54) is 16.7 Å². The van der Waals surface area contributed by atoms with Gasteiger partial charge < -0.3 is 19.7 Å². The van der Waals surface area contributed by atoms with Gasteiger partial charge in [0.05, 0.1) is 28.8 Å². The first-order chi connectivity index (χ1) is 19.0. The average Bonchev–Trinajstić information content (AvgIpc) is 3.21. The lowest BCUT2D eigenvalue weighted by Gasteiger charge is -2.28. The highest BCUT2D eigenvalue weighted by Gasteiger charge is 2.30. The molecule has 0 saturated carbocycles. The molecule has 0 spiro atoms. The van der Waals surface area contributed by atoms with Gasteiger partial charge in [-0.2, -0.15) is 0 Å². The number of hydrogen-bond donors (Lipinski definition) is 1. The minimum absolute atomic E-state index is 0.141. The van der Waals surface area contributed by atoms with Crippen LogP contribution >= 0.6 is 23.4 Å². The van der Waals surface area contributed by atoms with Gasteiger partial charge in [-0.1, -0.05) is 35.9 Å². The number of ether oxygens (including phenoxy) is 2. The fourth-order valence-electron chi connectivity index (χ4n) is 4.06. The Morgan fingerprint density at radius 2 is 1.85 bits per heavy atom. The zero-order valence-corrected chi connectivity index (χ0v) is 22.9. The van der Waals surface area contributed by atoms with Crippen LogP contribution in [0.3, 0.4) is 0 Å². The van der Waals surface area contributed by atoms with E-state index in [2.05, 4.69) is 15.2 Å². The number of para-hydroxylation sites is 1. The minimum atomic E-state index is -0.290. The highest BCUT2D eigenvalue weighted by atomic mass is 35.5. The van der Waals surface area contributed by atoms with Crippen LogP contribution in [0.1, 0.15) is 5.56 Å². The number of morpholine rings is 1. The molecule has 0 aromatic heterocycles. The number of amides is 2. The van der Waals surface area contributed by atoms with Gasteiger partial charge in [0.15, 0.2) is 11.8 Å². The number of aliphatic imine (C=N–C) groups is 1. The van der Waals surface area contributed by atoms with Crippen LogP contribution in [0.25, 0.3) is 6.08 Å². The Labute approximate surface area is 236 Å². The number of anilines is 2. The van der Waals surface area contributed by atoms with E-state index < -0.39 is 0 Å². The molecule has 0 radical (unpaired) electrons. The Balaban J connectivity index is 1.22. The van der Waals surface area contributed by atoms with Crippen LogP contribution in [-0.4, -0.2) is 61.8 Å². The van der Waals surface area contributed by atoms with Crippen molar-refractivity contribution in [2.24, 2.45) is 4.99 Å². The first-order valence-electron chi connectivity index (χ1n) is 12.4. The number of nitrogens with one attached hydrogen (secondary N) is 1. The number of nitrogens with zero attached hydrogens (tertiary/aromatic N) is 3. The molecule has 2 fully saturated rings. The average molecular weight is 563 g/mol. The van der Waals surface area contributed by atoms with Crippen molar-refractivity contribution < 1.29 is 19.1 Å². The van der Waals surface area contributed by atoms with Crippen LogP contribution in [-0.2, 0) is 14.3 Å². The molecule has 200 valence electrons. The third-order valence-corrected chi connectivity index (χ3v) is 7.48. The van der Waals surface area contributed by atoms with Gasteiger partial charge in [0, 0.05) is 31.5 Å². The van der Waals surface area contributed by atoms with Crippen LogP contribution in [0.15, 0.2) is 82.7 Å². The van der Waals surface area contributed by atoms with Gasteiger partial charge >= 0.3 is 0 Å². The molecule has 0 unspecified atom stereocenters. The number of carbonyl (C=O) groups excluding carboxylic acids is 2. The summed E-state index contributed by atoms with van der Waals surface area (Å²) in [6, 6.07) is 22.3. The molecular weight excluding hydrogens is 536 g/mol. The van der Waals surface area contributed by atoms with Gasteiger partial charge in [-0.05, 0) is 71.9 Å². The largest absolute Gasteiger partial charge is 0.482 e. The second kappa shape index (κ2) is 12.4. The maximum absolute atomic E-state index is 12.9. The molecule has 2 aliphatic heterocycles. The van der Waals surface area contributed by atoms with Crippen molar-refractivity contribution in [1.29, 1.82) is 0 Å². The summed E-state index contributed by atoms with van der Waals surface area (Å²) >= 11 is 7.71. The molecule has 2 saturated heterocycles. The van der Waals surface area contributed by atoms with Gasteiger partial charge in [-0.15, -0.1) is 0 Å². The fourth-order valence-corrected chi connectivity index (χ4v) is 5.29. The zero-order chi connectivity index (χ0) is 27.2. The van der Waals surface area contributed by atoms with E-state index in [0.29, 0.717) is 26.5 Å². The third-order valence-electron chi connectivity index (χ3n) is 6.12. The minimum Gasteiger partial charge on any atom is -0.482 e. The van der Waals surface area contributed by atoms with E-state index in [1.54, 1.807) is 43.5 Å². The maximum atomic E-state index is 12.9. The molecule has 5 rings (SSSR count). The Kier molecular flexibility index (Phi) is 8.51. The van der Waals surface area contributed by atoms with Gasteiger partial charge in [0.1, 0.15) is 5.75 Å². The Morgan fingerprint density at radius 3 is 2.56 bits per heavy atom. The molecule has 0 atom stereocenters. The van der Waals surface area contributed by atoms with Crippen molar-refractivity contribution in [3.8, 4) is 5.75 Å². The number of likely N-dealkylation sites (N-methyl/N-ethyl adjacent to an activating group) is 1. The van der Waals surface area contributed by atoms with Crippen LogP contribution < -0.4 is 15.0 Å². The highest BCUT2D eigenvalue weighted by Crippen LogP contribution is 2.35. The standard InChI is InChI=1S/C29H27ClN4O4S/c1-33-28(36)26(39-29(33)32-22-8-10-23(11-9-22)34-13-15-37-16-14-34)18-20-7-12-25(24(30)17-20)38-19-27(35)31-21-5-3-2-4-6-21/h2-12,17-18H,13-16,19H2,1H3,(H,31,35)/b26-18-,32-29?. The van der Waals surface area contributed by atoms with E-state index in [9.17, 15) is 9.59 Å². The molecule has 1 N–H and O–H groups in total. The first kappa shape index (κ1) is 26.8. The van der Waals surface area contributed by atoms with Gasteiger partial charge in [0.25, 0.3) is 11.8 Å². The van der Waals surface area contributed by atoms with Crippen LogP contribution in [0, 0.1) is 0 Å². The molecule has 3 aromatic rings. The first-order valence-corrected chi connectivity index (χ1v) is 13.6. The Hall–Kier alpha value is -3.79. The Morgan fingerprint density at radius 1 is 1.10 bits per heavy atom. The summed E-state index contributed by atoms with van der Waals surface area (Å²) < 4.78 is 11.0. The molecule has 8 nitrogen and oxygen atoms in total. The van der Waals surface area contributed by atoms with E-state index in [1.807, 2.05) is 42.5 Å². The van der Waals surface area contributed by atoms with Crippen molar-refractivity contribution in [3.05, 3.63) is 88.3 Å². The van der Waals surface area contributed by atoms with Crippen molar-refractivity contribution in [2.45, 2.75) is 0 Å². The molecule has 10 heteroatoms. The lowest BCUT2D eigenvalue weighted by Crippen LogP contribution is -2.36. The van der Waals surface area contributed by atoms with Gasteiger partial charge in [-0.25, -0.2) is 4.99 Å². The fraction of sp³-hybridized carbons (Fsp3) is 0.207. The van der Waals surface area contributed by atoms with Crippen molar-refractivity contribution in [1.82, 2.24) is 4.90 Å². The predicted molar refractivity (Wildman–Crippen MR) is 157 cm³/mol. The zero-order valence-electron chi connectivity index (χ0n) is 21.3. The number of hydrogen-bond acceptors (Lipinski definition) is 7. The number of thioether (sulfide) groups is 1. The molecule has 2 aliphatic rings. The summed E-state index contributed by atoms with van der Waals surface area (Å²) in [6.07, 6.45) is 1.77. The van der Waals surface area contributed by atoms with Crippen molar-refractivity contribution >= 4 is 63.5 Å². The topological polar surface area (TPSA) is 83.5 Å². The molecule has 2 heterocycles. The SMILES string of the molecule is CN1C(=O)/C(=C/c2ccc(OCC(=O)Nc3ccccc3)c(Cl)c2)SC1=Nc1ccc(N2CCOCC2)cc1. The maximum Gasteiger partial charge on any atom is 0.266 e. The summed E-state index contributed by atoms with van der Waals surface area (Å²) in [7, 11) is 1.71. The summed E-state index contributed by atoms with van der Waals surface area (Å²) in [5.74, 6) is -0.0490. The van der Waals surface area contributed by atoms with E-state index in [4.69, 9.17) is 21.1 Å². The smallest absolute Gasteiger partial charge is 0.266 e. The molecular formula is C29H27ClN4O4S. The molecule has 0 aliphatic carbocycles. The Bertz CT molecular complexity index is 1410. The van der Waals surface area contributed by atoms with Crippen LogP contribution in [0.4, 0.5) is 17.1 Å². The third kappa shape index (κ3) is 6.81. The molecule has 0 bridgehead atoms. The van der Waals surface area contributed by atoms with Gasteiger partial charge in [0.2, 0.25) is 0 Å².